The SMILES string of the molecule is COC(=O)N[C@H](C(=O)N1CCCC1c1nc(C#Cc2ccc(-c3ccc(-c4c[nH]c([C@@H]5CCCN5C(=O)[C@H](C(C)C)N(C)C(=O)O)n4)cc3)cc2)c[nH]1)C(C)C. The van der Waals surface area contributed by atoms with Gasteiger partial charge in [-0.15, -0.1) is 0 Å². The van der Waals surface area contributed by atoms with Crippen LogP contribution in [-0.2, 0) is 14.3 Å². The van der Waals surface area contributed by atoms with Crippen LogP contribution in [0.3, 0.4) is 0 Å². The lowest BCUT2D eigenvalue weighted by Gasteiger charge is -2.33. The van der Waals surface area contributed by atoms with Gasteiger partial charge in [-0.25, -0.2) is 19.6 Å². The number of likely N-dealkylation sites (N-methyl/N-ethyl adjacent to an activating group) is 1. The van der Waals surface area contributed by atoms with Crippen LogP contribution >= 0.6 is 0 Å². The Balaban J connectivity index is 1.08. The van der Waals surface area contributed by atoms with Crippen molar-refractivity contribution in [2.24, 2.45) is 11.8 Å². The molecule has 2 aromatic heterocycles. The van der Waals surface area contributed by atoms with E-state index in [1.807, 2.05) is 82.4 Å². The Kier molecular flexibility index (Phi) is 12.1. The normalized spacial score (nSPS) is 17.7. The summed E-state index contributed by atoms with van der Waals surface area (Å²) in [5.41, 5.74) is 5.17. The highest BCUT2D eigenvalue weighted by Gasteiger charge is 2.40. The molecule has 6 rings (SSSR count). The molecule has 4 N–H and O–H groups in total. The molecule has 2 aliphatic heterocycles. The molecule has 294 valence electrons. The van der Waals surface area contributed by atoms with Gasteiger partial charge in [0, 0.05) is 43.7 Å². The lowest BCUT2D eigenvalue weighted by atomic mass is 10.0. The van der Waals surface area contributed by atoms with E-state index in [-0.39, 0.29) is 35.7 Å². The average Bonchev–Trinajstić information content (AvgIpc) is 4.02. The Morgan fingerprint density at radius 1 is 0.804 bits per heavy atom. The van der Waals surface area contributed by atoms with E-state index in [9.17, 15) is 24.3 Å². The van der Waals surface area contributed by atoms with E-state index in [0.29, 0.717) is 30.4 Å². The number of H-pyrrole nitrogens is 2. The number of nitrogens with zero attached hydrogens (tertiary/aromatic N) is 5. The Labute approximate surface area is 327 Å². The maximum atomic E-state index is 13.6. The van der Waals surface area contributed by atoms with E-state index in [1.54, 1.807) is 16.0 Å². The third kappa shape index (κ3) is 8.57. The maximum Gasteiger partial charge on any atom is 0.407 e. The summed E-state index contributed by atoms with van der Waals surface area (Å²) >= 11 is 0. The number of imidazole rings is 2. The zero-order chi connectivity index (χ0) is 40.1. The van der Waals surface area contributed by atoms with Gasteiger partial charge in [0.15, 0.2) is 0 Å². The number of hydrogen-bond acceptors (Lipinski definition) is 7. The van der Waals surface area contributed by atoms with Gasteiger partial charge in [-0.2, -0.15) is 0 Å². The van der Waals surface area contributed by atoms with Gasteiger partial charge in [0.2, 0.25) is 11.8 Å². The van der Waals surface area contributed by atoms with Crippen molar-refractivity contribution >= 4 is 24.0 Å². The largest absolute Gasteiger partial charge is 0.465 e. The lowest BCUT2D eigenvalue weighted by Crippen LogP contribution is -2.51. The van der Waals surface area contributed by atoms with E-state index in [0.717, 1.165) is 58.5 Å². The number of carbonyl (C=O) groups is 4. The van der Waals surface area contributed by atoms with Crippen molar-refractivity contribution in [1.82, 2.24) is 40.0 Å². The third-order valence-electron chi connectivity index (χ3n) is 10.6. The van der Waals surface area contributed by atoms with Crippen LogP contribution in [0, 0.1) is 23.7 Å². The number of aromatic amines is 2. The predicted molar refractivity (Wildman–Crippen MR) is 210 cm³/mol. The molecule has 0 radical (unpaired) electrons. The highest BCUT2D eigenvalue weighted by molar-refractivity contribution is 5.87. The molecule has 14 nitrogen and oxygen atoms in total. The van der Waals surface area contributed by atoms with Crippen molar-refractivity contribution in [2.75, 3.05) is 27.2 Å². The summed E-state index contributed by atoms with van der Waals surface area (Å²) in [6, 6.07) is 14.2. The maximum absolute atomic E-state index is 13.6. The number of ether oxygens (including phenoxy) is 1. The molecule has 0 bridgehead atoms. The number of nitrogens with one attached hydrogen (secondary N) is 3. The van der Waals surface area contributed by atoms with Crippen LogP contribution in [0.4, 0.5) is 9.59 Å². The van der Waals surface area contributed by atoms with Gasteiger partial charge in [0.25, 0.3) is 0 Å². The predicted octanol–water partition coefficient (Wildman–Crippen LogP) is 6.21. The molecule has 2 saturated heterocycles. The third-order valence-corrected chi connectivity index (χ3v) is 10.6. The molecule has 56 heavy (non-hydrogen) atoms. The standard InChI is InChI=1S/C42H50N8O6/c1-25(2)35(47-41(53)56-6)39(51)49-21-7-9-33(49)37-43-23-31(45-37)20-13-27-11-14-28(15-12-27)29-16-18-30(19-17-29)32-24-44-38(46-32)34-10-8-22-50(34)40(52)36(26(3)4)48(5)42(54)55/h11-12,14-19,23-26,33-36H,7-10,21-22H2,1-6H3,(H,43,45)(H,44,46)(H,47,53)(H,54,55)/t33?,34-,35-,36-/m0/s1. The van der Waals surface area contributed by atoms with Crippen molar-refractivity contribution in [3.8, 4) is 34.2 Å². The van der Waals surface area contributed by atoms with E-state index < -0.39 is 24.3 Å². The first-order valence-corrected chi connectivity index (χ1v) is 19.1. The van der Waals surface area contributed by atoms with Crippen molar-refractivity contribution in [1.29, 1.82) is 0 Å². The molecule has 4 heterocycles. The molecule has 0 saturated carbocycles. The van der Waals surface area contributed by atoms with Crippen molar-refractivity contribution in [3.63, 3.8) is 0 Å². The summed E-state index contributed by atoms with van der Waals surface area (Å²) in [5, 5.41) is 12.2. The molecular weight excluding hydrogens is 713 g/mol. The highest BCUT2D eigenvalue weighted by Crippen LogP contribution is 2.34. The lowest BCUT2D eigenvalue weighted by molar-refractivity contribution is -0.138. The fourth-order valence-electron chi connectivity index (χ4n) is 7.64. The molecule has 4 atom stereocenters. The van der Waals surface area contributed by atoms with Gasteiger partial charge < -0.3 is 34.9 Å². The number of amides is 4. The summed E-state index contributed by atoms with van der Waals surface area (Å²) in [4.78, 5) is 71.3. The minimum atomic E-state index is -1.13. The number of carboxylic acid groups (broad SMARTS) is 1. The monoisotopic (exact) mass is 762 g/mol. The molecule has 14 heteroatoms. The number of benzene rings is 2. The molecule has 2 fully saturated rings. The van der Waals surface area contributed by atoms with E-state index in [1.165, 1.54) is 14.2 Å². The zero-order valence-corrected chi connectivity index (χ0v) is 32.7. The Hall–Kier alpha value is -6.10. The van der Waals surface area contributed by atoms with Crippen molar-refractivity contribution < 1.29 is 29.0 Å². The molecule has 0 spiro atoms. The summed E-state index contributed by atoms with van der Waals surface area (Å²) in [6.45, 7) is 8.63. The molecule has 0 aliphatic carbocycles. The molecule has 4 amide bonds. The number of likely N-dealkylation sites (tertiary alicyclic amines) is 2. The number of alkyl carbamates (subject to hydrolysis) is 1. The summed E-state index contributed by atoms with van der Waals surface area (Å²) in [7, 11) is 2.73. The minimum Gasteiger partial charge on any atom is -0.465 e. The zero-order valence-electron chi connectivity index (χ0n) is 32.7. The van der Waals surface area contributed by atoms with Gasteiger partial charge in [-0.3, -0.25) is 14.5 Å². The van der Waals surface area contributed by atoms with Crippen LogP contribution in [0.2, 0.25) is 0 Å². The summed E-state index contributed by atoms with van der Waals surface area (Å²) < 4.78 is 4.73. The van der Waals surface area contributed by atoms with Gasteiger partial charge >= 0.3 is 12.2 Å². The van der Waals surface area contributed by atoms with Crippen molar-refractivity contribution in [3.05, 3.63) is 83.8 Å². The van der Waals surface area contributed by atoms with Gasteiger partial charge in [-0.1, -0.05) is 70.0 Å². The second-order valence-electron chi connectivity index (χ2n) is 15.1. The van der Waals surface area contributed by atoms with Gasteiger partial charge in [0.1, 0.15) is 29.4 Å². The fourth-order valence-corrected chi connectivity index (χ4v) is 7.64. The molecule has 2 aromatic carbocycles. The molecular formula is C42H50N8O6. The van der Waals surface area contributed by atoms with E-state index >= 15 is 0 Å². The highest BCUT2D eigenvalue weighted by atomic mass is 16.5. The first-order valence-electron chi connectivity index (χ1n) is 19.1. The van der Waals surface area contributed by atoms with Crippen LogP contribution in [-0.4, -0.2) is 103 Å². The Bertz CT molecular complexity index is 2090. The van der Waals surface area contributed by atoms with Gasteiger partial charge in [0.05, 0.1) is 24.9 Å². The van der Waals surface area contributed by atoms with Crippen LogP contribution in [0.25, 0.3) is 22.4 Å². The minimum absolute atomic E-state index is 0.113. The topological polar surface area (TPSA) is 177 Å². The van der Waals surface area contributed by atoms with Crippen molar-refractivity contribution in [2.45, 2.75) is 77.5 Å². The quantitative estimate of drug-likeness (QED) is 0.138. The van der Waals surface area contributed by atoms with Crippen LogP contribution in [0.1, 0.15) is 88.4 Å². The Morgan fingerprint density at radius 2 is 1.36 bits per heavy atom. The van der Waals surface area contributed by atoms with E-state index in [2.05, 4.69) is 27.1 Å². The first-order chi connectivity index (χ1) is 26.9. The number of carbonyl (C=O) groups excluding carboxylic acids is 3. The number of aromatic nitrogens is 4. The average molecular weight is 763 g/mol. The molecule has 4 aromatic rings. The second kappa shape index (κ2) is 17.1. The first kappa shape index (κ1) is 39.6. The number of rotatable bonds is 10. The molecule has 1 unspecified atom stereocenters. The number of methoxy groups -OCH3 is 1. The smallest absolute Gasteiger partial charge is 0.407 e. The van der Waals surface area contributed by atoms with Gasteiger partial charge in [-0.05, 0) is 66.7 Å². The van der Waals surface area contributed by atoms with E-state index in [4.69, 9.17) is 14.7 Å². The summed E-state index contributed by atoms with van der Waals surface area (Å²) in [5.74, 6) is 7.04. The second-order valence-corrected chi connectivity index (χ2v) is 15.1. The van der Waals surface area contributed by atoms with Crippen LogP contribution in [0.15, 0.2) is 60.9 Å². The number of hydrogen-bond donors (Lipinski definition) is 4. The molecule has 2 aliphatic rings. The summed E-state index contributed by atoms with van der Waals surface area (Å²) in [6.07, 6.45) is 5.00. The Morgan fingerprint density at radius 3 is 1.93 bits per heavy atom. The fraction of sp³-hybridized carbons (Fsp3) is 0.429. The van der Waals surface area contributed by atoms with Crippen LogP contribution in [0.5, 0.6) is 0 Å². The van der Waals surface area contributed by atoms with Crippen LogP contribution < -0.4 is 5.32 Å².